The molecule has 9 rings (SSSR count). The molecule has 2 aromatic carbocycles. The highest BCUT2D eigenvalue weighted by molar-refractivity contribution is 6.10. The van der Waals surface area contributed by atoms with Gasteiger partial charge in [-0.15, -0.1) is 0 Å². The Morgan fingerprint density at radius 1 is 0.964 bits per heavy atom. The molecule has 55 heavy (non-hydrogen) atoms. The van der Waals surface area contributed by atoms with E-state index in [0.717, 1.165) is 86.1 Å². The van der Waals surface area contributed by atoms with Gasteiger partial charge in [0.2, 0.25) is 5.91 Å². The number of ether oxygens (including phenoxy) is 1. The molecule has 3 fully saturated rings. The Labute approximate surface area is 317 Å². The van der Waals surface area contributed by atoms with Crippen molar-refractivity contribution in [2.45, 2.75) is 44.7 Å². The number of methoxy groups -OCH3 is 1. The summed E-state index contributed by atoms with van der Waals surface area (Å²) in [5.74, 6) is 1.12. The number of anilines is 2. The van der Waals surface area contributed by atoms with Gasteiger partial charge in [0, 0.05) is 94.2 Å². The fourth-order valence-corrected chi connectivity index (χ4v) is 8.54. The van der Waals surface area contributed by atoms with E-state index < -0.39 is 0 Å². The summed E-state index contributed by atoms with van der Waals surface area (Å²) in [5.41, 5.74) is 3.84. The lowest BCUT2D eigenvalue weighted by Crippen LogP contribution is -2.49. The normalized spacial score (nSPS) is 20.1. The van der Waals surface area contributed by atoms with Crippen LogP contribution < -0.4 is 20.3 Å². The lowest BCUT2D eigenvalue weighted by atomic mass is 9.85. The summed E-state index contributed by atoms with van der Waals surface area (Å²) in [7, 11) is 1.57. The van der Waals surface area contributed by atoms with Gasteiger partial charge in [-0.3, -0.25) is 29.4 Å². The first kappa shape index (κ1) is 34.9. The van der Waals surface area contributed by atoms with Gasteiger partial charge < -0.3 is 19.5 Å². The maximum atomic E-state index is 13.4. The molecule has 4 amide bonds. The minimum atomic E-state index is -0.354. The van der Waals surface area contributed by atoms with Gasteiger partial charge in [0.05, 0.1) is 41.6 Å². The standard InChI is InChI=1S/C40H45N11O4/c1-55-35-23-32-28(22-31(35)39(53)43-37-24-41-36-6-3-13-42-51(36)37)26-50(45-32)29-9-7-27(8-10-29)25-47-18-16-46(17-19-47)20-21-48-14-11-30-33(48)4-2-5-34(30)49-15-12-38(52)44-40(49)54/h2-6,11,13-14,22-24,26-27,29H,7-10,12,15-21,25H2,1H3,(H,43,53)(H,44,52,54). The van der Waals surface area contributed by atoms with Crippen LogP contribution in [0.4, 0.5) is 16.3 Å². The molecule has 0 atom stereocenters. The molecule has 2 saturated heterocycles. The van der Waals surface area contributed by atoms with Crippen LogP contribution in [0.25, 0.3) is 27.5 Å². The molecule has 15 heteroatoms. The van der Waals surface area contributed by atoms with Crippen LogP contribution in [0.5, 0.6) is 5.75 Å². The summed E-state index contributed by atoms with van der Waals surface area (Å²) in [6, 6.07) is 15.4. The maximum absolute atomic E-state index is 13.4. The van der Waals surface area contributed by atoms with Crippen LogP contribution in [0.1, 0.15) is 48.5 Å². The molecule has 0 radical (unpaired) electrons. The van der Waals surface area contributed by atoms with Crippen molar-refractivity contribution >= 4 is 56.8 Å². The van der Waals surface area contributed by atoms with E-state index >= 15 is 0 Å². The Bertz CT molecular complexity index is 2380. The summed E-state index contributed by atoms with van der Waals surface area (Å²) < 4.78 is 11.6. The van der Waals surface area contributed by atoms with E-state index in [2.05, 4.69) is 64.3 Å². The van der Waals surface area contributed by atoms with Crippen molar-refractivity contribution in [3.05, 3.63) is 78.9 Å². The van der Waals surface area contributed by atoms with Crippen LogP contribution in [0, 0.1) is 5.92 Å². The van der Waals surface area contributed by atoms with Crippen LogP contribution in [-0.4, -0.2) is 110 Å². The summed E-state index contributed by atoms with van der Waals surface area (Å²) in [6.07, 6.45) is 12.2. The fraction of sp³-hybridized carbons (Fsp3) is 0.400. The molecular weight excluding hydrogens is 699 g/mol. The number of amides is 4. The molecule has 1 aliphatic carbocycles. The largest absolute Gasteiger partial charge is 0.496 e. The summed E-state index contributed by atoms with van der Waals surface area (Å²) in [4.78, 5) is 48.7. The molecule has 0 bridgehead atoms. The Morgan fingerprint density at radius 2 is 1.80 bits per heavy atom. The molecule has 2 N–H and O–H groups in total. The summed E-state index contributed by atoms with van der Waals surface area (Å²) >= 11 is 0. The van der Waals surface area contributed by atoms with E-state index in [4.69, 9.17) is 9.84 Å². The van der Waals surface area contributed by atoms with Gasteiger partial charge in [-0.25, -0.2) is 9.78 Å². The third-order valence-electron chi connectivity index (χ3n) is 11.6. The topological polar surface area (TPSA) is 147 Å². The van der Waals surface area contributed by atoms with E-state index in [-0.39, 0.29) is 17.8 Å². The fourth-order valence-electron chi connectivity index (χ4n) is 8.54. The zero-order valence-electron chi connectivity index (χ0n) is 30.9. The lowest BCUT2D eigenvalue weighted by molar-refractivity contribution is -0.120. The van der Waals surface area contributed by atoms with E-state index in [1.165, 1.54) is 12.8 Å². The SMILES string of the molecule is COc1cc2nn(C3CCC(CN4CCN(CCn5ccc6c(N7CCC(=O)NC7=O)cccc65)CC4)CC3)cc2cc1C(=O)Nc1cnc2cccnn12. The van der Waals surface area contributed by atoms with Gasteiger partial charge in [0.1, 0.15) is 5.75 Å². The Balaban J connectivity index is 0.757. The number of piperazine rings is 1. The highest BCUT2D eigenvalue weighted by Gasteiger charge is 2.28. The number of carbonyl (C=O) groups is 3. The predicted molar refractivity (Wildman–Crippen MR) is 209 cm³/mol. The molecule has 3 aliphatic rings. The number of fused-ring (bicyclic) bond motifs is 3. The number of hydrogen-bond donors (Lipinski definition) is 2. The average Bonchev–Trinajstić information content (AvgIpc) is 3.94. The van der Waals surface area contributed by atoms with Gasteiger partial charge in [0.25, 0.3) is 5.91 Å². The summed E-state index contributed by atoms with van der Waals surface area (Å²) in [6.45, 7) is 7.66. The first-order chi connectivity index (χ1) is 26.9. The first-order valence-corrected chi connectivity index (χ1v) is 19.2. The summed E-state index contributed by atoms with van der Waals surface area (Å²) in [5, 5.41) is 16.5. The zero-order valence-corrected chi connectivity index (χ0v) is 30.9. The second-order valence-corrected chi connectivity index (χ2v) is 14.9. The highest BCUT2D eigenvalue weighted by Crippen LogP contribution is 2.35. The highest BCUT2D eigenvalue weighted by atomic mass is 16.5. The minimum Gasteiger partial charge on any atom is -0.496 e. The van der Waals surface area contributed by atoms with Crippen LogP contribution >= 0.6 is 0 Å². The molecule has 0 spiro atoms. The number of nitrogens with zero attached hydrogens (tertiary/aromatic N) is 9. The van der Waals surface area contributed by atoms with Gasteiger partial charge in [0.15, 0.2) is 11.5 Å². The molecule has 284 valence electrons. The maximum Gasteiger partial charge on any atom is 0.328 e. The third kappa shape index (κ3) is 7.00. The van der Waals surface area contributed by atoms with E-state index in [9.17, 15) is 14.4 Å². The quantitative estimate of drug-likeness (QED) is 0.202. The van der Waals surface area contributed by atoms with Gasteiger partial charge >= 0.3 is 6.03 Å². The van der Waals surface area contributed by atoms with Crippen LogP contribution in [0.2, 0.25) is 0 Å². The molecule has 4 aromatic heterocycles. The second-order valence-electron chi connectivity index (χ2n) is 14.9. The van der Waals surface area contributed by atoms with Gasteiger partial charge in [-0.2, -0.15) is 14.7 Å². The first-order valence-electron chi connectivity index (χ1n) is 19.2. The number of rotatable bonds is 10. The van der Waals surface area contributed by atoms with Crippen LogP contribution in [0.3, 0.4) is 0 Å². The number of carbonyl (C=O) groups excluding carboxylic acids is 3. The van der Waals surface area contributed by atoms with E-state index in [1.807, 2.05) is 30.3 Å². The molecular formula is C40H45N11O4. The van der Waals surface area contributed by atoms with Crippen molar-refractivity contribution in [1.82, 2.24) is 44.1 Å². The molecule has 0 unspecified atom stereocenters. The van der Waals surface area contributed by atoms with Crippen molar-refractivity contribution < 1.29 is 19.1 Å². The Kier molecular flexibility index (Phi) is 9.40. The smallest absolute Gasteiger partial charge is 0.328 e. The van der Waals surface area contributed by atoms with Crippen molar-refractivity contribution in [2.24, 2.45) is 5.92 Å². The predicted octanol–water partition coefficient (Wildman–Crippen LogP) is 4.79. The number of urea groups is 1. The molecule has 15 nitrogen and oxygen atoms in total. The number of aromatic nitrogens is 6. The van der Waals surface area contributed by atoms with Gasteiger partial charge in [-0.05, 0) is 68.0 Å². The lowest BCUT2D eigenvalue weighted by Gasteiger charge is -2.38. The number of nitrogens with one attached hydrogen (secondary N) is 2. The molecule has 6 aromatic rings. The molecule has 2 aliphatic heterocycles. The van der Waals surface area contributed by atoms with Crippen molar-refractivity contribution in [1.29, 1.82) is 0 Å². The minimum absolute atomic E-state index is 0.222. The molecule has 6 heterocycles. The third-order valence-corrected chi connectivity index (χ3v) is 11.6. The zero-order chi connectivity index (χ0) is 37.5. The van der Waals surface area contributed by atoms with Crippen molar-refractivity contribution in [3.8, 4) is 5.75 Å². The van der Waals surface area contributed by atoms with E-state index in [0.29, 0.717) is 47.7 Å². The molecule has 1 saturated carbocycles. The number of hydrogen-bond acceptors (Lipinski definition) is 9. The van der Waals surface area contributed by atoms with Crippen LogP contribution in [-0.2, 0) is 11.3 Å². The monoisotopic (exact) mass is 743 g/mol. The Morgan fingerprint density at radius 3 is 2.62 bits per heavy atom. The van der Waals surface area contributed by atoms with E-state index in [1.54, 1.807) is 35.0 Å². The van der Waals surface area contributed by atoms with Crippen molar-refractivity contribution in [3.63, 3.8) is 0 Å². The second kappa shape index (κ2) is 14.8. The Hall–Kier alpha value is -5.80. The number of benzene rings is 2. The number of imidazole rings is 1. The van der Waals surface area contributed by atoms with Crippen LogP contribution in [0.15, 0.2) is 73.3 Å². The average molecular weight is 744 g/mol. The number of imide groups is 1. The van der Waals surface area contributed by atoms with Gasteiger partial charge in [-0.1, -0.05) is 6.07 Å². The van der Waals surface area contributed by atoms with Crippen molar-refractivity contribution in [2.75, 3.05) is 63.1 Å².